The number of sulfone groups is 1. The van der Waals surface area contributed by atoms with E-state index in [2.05, 4.69) is 9.59 Å². The Labute approximate surface area is 116 Å². The molecule has 0 N–H and O–H groups in total. The molecule has 1 aromatic heterocycles. The summed E-state index contributed by atoms with van der Waals surface area (Å²) in [6.45, 7) is 2.35. The van der Waals surface area contributed by atoms with Crippen molar-refractivity contribution < 1.29 is 13.2 Å². The van der Waals surface area contributed by atoms with E-state index in [9.17, 15) is 13.2 Å². The van der Waals surface area contributed by atoms with Crippen LogP contribution in [-0.4, -0.2) is 53.4 Å². The fourth-order valence-electron chi connectivity index (χ4n) is 2.35. The first-order valence-corrected chi connectivity index (χ1v) is 8.99. The Morgan fingerprint density at radius 1 is 1.47 bits per heavy atom. The number of amides is 1. The van der Waals surface area contributed by atoms with Crippen LogP contribution in [0.25, 0.3) is 0 Å². The second-order valence-corrected chi connectivity index (χ2v) is 7.87. The summed E-state index contributed by atoms with van der Waals surface area (Å²) in [5, 5.41) is 3.83. The summed E-state index contributed by atoms with van der Waals surface area (Å²) in [5.41, 5.74) is 0.610. The molecule has 19 heavy (non-hydrogen) atoms. The van der Waals surface area contributed by atoms with E-state index in [0.717, 1.165) is 30.8 Å². The maximum Gasteiger partial charge on any atom is 0.267 e. The van der Waals surface area contributed by atoms with Crippen molar-refractivity contribution in [3.8, 4) is 0 Å². The van der Waals surface area contributed by atoms with Gasteiger partial charge < -0.3 is 4.90 Å². The molecule has 1 unspecified atom stereocenters. The first-order chi connectivity index (χ1) is 8.88. The van der Waals surface area contributed by atoms with Gasteiger partial charge in [0.25, 0.3) is 5.91 Å². The Kier molecular flexibility index (Phi) is 4.19. The fourth-order valence-corrected chi connectivity index (χ4v) is 4.01. The van der Waals surface area contributed by atoms with Gasteiger partial charge in [0.2, 0.25) is 0 Å². The van der Waals surface area contributed by atoms with Gasteiger partial charge in [0.15, 0.2) is 0 Å². The van der Waals surface area contributed by atoms with Gasteiger partial charge in [-0.25, -0.2) is 8.42 Å². The molecule has 0 aliphatic carbocycles. The van der Waals surface area contributed by atoms with Crippen molar-refractivity contribution in [2.24, 2.45) is 0 Å². The van der Waals surface area contributed by atoms with Crippen LogP contribution in [-0.2, 0) is 9.84 Å². The highest BCUT2D eigenvalue weighted by molar-refractivity contribution is 7.90. The maximum absolute atomic E-state index is 12.4. The molecule has 106 valence electrons. The van der Waals surface area contributed by atoms with E-state index in [4.69, 9.17) is 0 Å². The number of aryl methyl sites for hydroxylation is 1. The lowest BCUT2D eigenvalue weighted by molar-refractivity contribution is 0.0643. The summed E-state index contributed by atoms with van der Waals surface area (Å²) in [6, 6.07) is -0.224. The minimum absolute atomic E-state index is 0.0318. The third-order valence-electron chi connectivity index (χ3n) is 3.23. The number of hydrogen-bond acceptors (Lipinski definition) is 6. The van der Waals surface area contributed by atoms with E-state index >= 15 is 0 Å². The molecule has 0 bridgehead atoms. The van der Waals surface area contributed by atoms with Gasteiger partial charge in [-0.2, -0.15) is 0 Å². The second-order valence-electron chi connectivity index (χ2n) is 4.93. The minimum Gasteiger partial charge on any atom is -0.334 e. The monoisotopic (exact) mass is 303 g/mol. The van der Waals surface area contributed by atoms with Crippen LogP contribution in [0.4, 0.5) is 0 Å². The molecular weight excluding hydrogens is 286 g/mol. The van der Waals surface area contributed by atoms with Gasteiger partial charge in [0, 0.05) is 18.8 Å². The highest BCUT2D eigenvalue weighted by Gasteiger charge is 2.31. The number of likely N-dealkylation sites (tertiary alicyclic amines) is 1. The van der Waals surface area contributed by atoms with Crippen LogP contribution in [0.1, 0.15) is 34.6 Å². The molecule has 8 heteroatoms. The predicted molar refractivity (Wildman–Crippen MR) is 73.0 cm³/mol. The summed E-state index contributed by atoms with van der Waals surface area (Å²) in [5.74, 6) is -0.106. The van der Waals surface area contributed by atoms with E-state index < -0.39 is 9.84 Å². The smallest absolute Gasteiger partial charge is 0.267 e. The molecule has 1 saturated heterocycles. The molecule has 1 aliphatic heterocycles. The van der Waals surface area contributed by atoms with Gasteiger partial charge in [0.05, 0.1) is 11.4 Å². The van der Waals surface area contributed by atoms with Crippen LogP contribution in [0.2, 0.25) is 0 Å². The largest absolute Gasteiger partial charge is 0.334 e. The summed E-state index contributed by atoms with van der Waals surface area (Å²) in [4.78, 5) is 14.6. The highest BCUT2D eigenvalue weighted by atomic mass is 32.2. The van der Waals surface area contributed by atoms with E-state index in [1.807, 2.05) is 0 Å². The Bertz CT molecular complexity index is 567. The van der Waals surface area contributed by atoms with Crippen molar-refractivity contribution in [2.75, 3.05) is 18.6 Å². The second kappa shape index (κ2) is 5.54. The number of nitrogens with zero attached hydrogens (tertiary/aromatic N) is 3. The number of rotatable bonds is 3. The van der Waals surface area contributed by atoms with Crippen molar-refractivity contribution >= 4 is 27.3 Å². The Morgan fingerprint density at radius 2 is 2.21 bits per heavy atom. The zero-order chi connectivity index (χ0) is 14.0. The number of hydrogen-bond donors (Lipinski definition) is 0. The molecule has 1 aliphatic rings. The standard InChI is InChI=1S/C11H17N3O3S2/c1-8-10(18-13-12-8)11(15)14-6-4-3-5-9(14)7-19(2,16)17/h9H,3-7H2,1-2H3. The molecule has 2 rings (SSSR count). The average Bonchev–Trinajstić information content (AvgIpc) is 2.73. The van der Waals surface area contributed by atoms with Crippen LogP contribution in [0.5, 0.6) is 0 Å². The lowest BCUT2D eigenvalue weighted by Crippen LogP contribution is -2.46. The van der Waals surface area contributed by atoms with E-state index in [1.165, 1.54) is 6.26 Å². The Balaban J connectivity index is 2.20. The first kappa shape index (κ1) is 14.4. The Morgan fingerprint density at radius 3 is 2.79 bits per heavy atom. The van der Waals surface area contributed by atoms with E-state index in [1.54, 1.807) is 11.8 Å². The summed E-state index contributed by atoms with van der Waals surface area (Å²) in [7, 11) is -3.09. The molecule has 0 saturated carbocycles. The van der Waals surface area contributed by atoms with Crippen molar-refractivity contribution in [3.05, 3.63) is 10.6 Å². The number of carbonyl (C=O) groups excluding carboxylic acids is 1. The number of aromatic nitrogens is 2. The van der Waals surface area contributed by atoms with Gasteiger partial charge in [-0.1, -0.05) is 4.49 Å². The molecule has 0 spiro atoms. The van der Waals surface area contributed by atoms with Gasteiger partial charge in [-0.3, -0.25) is 4.79 Å². The molecule has 6 nitrogen and oxygen atoms in total. The summed E-state index contributed by atoms with van der Waals surface area (Å²) < 4.78 is 26.7. The zero-order valence-electron chi connectivity index (χ0n) is 11.0. The number of piperidine rings is 1. The SMILES string of the molecule is Cc1nnsc1C(=O)N1CCCCC1CS(C)(=O)=O. The van der Waals surface area contributed by atoms with Crippen LogP contribution in [0.15, 0.2) is 0 Å². The van der Waals surface area contributed by atoms with Crippen molar-refractivity contribution in [1.29, 1.82) is 0 Å². The van der Waals surface area contributed by atoms with Gasteiger partial charge in [-0.05, 0) is 37.7 Å². The summed E-state index contributed by atoms with van der Waals surface area (Å²) >= 11 is 1.07. The van der Waals surface area contributed by atoms with Crippen LogP contribution in [0, 0.1) is 6.92 Å². The zero-order valence-corrected chi connectivity index (χ0v) is 12.6. The first-order valence-electron chi connectivity index (χ1n) is 6.16. The fraction of sp³-hybridized carbons (Fsp3) is 0.727. The molecule has 1 fully saturated rings. The molecular formula is C11H17N3O3S2. The Hall–Kier alpha value is -1.02. The third kappa shape index (κ3) is 3.50. The van der Waals surface area contributed by atoms with Gasteiger partial charge >= 0.3 is 0 Å². The normalized spacial score (nSPS) is 20.5. The van der Waals surface area contributed by atoms with Crippen LogP contribution < -0.4 is 0 Å². The van der Waals surface area contributed by atoms with E-state index in [0.29, 0.717) is 17.1 Å². The molecule has 1 atom stereocenters. The predicted octanol–water partition coefficient (Wildman–Crippen LogP) is 0.886. The topological polar surface area (TPSA) is 80.2 Å². The van der Waals surface area contributed by atoms with Gasteiger partial charge in [-0.15, -0.1) is 5.10 Å². The molecule has 0 radical (unpaired) electrons. The number of carbonyl (C=O) groups is 1. The molecule has 2 heterocycles. The van der Waals surface area contributed by atoms with Gasteiger partial charge in [0.1, 0.15) is 14.7 Å². The maximum atomic E-state index is 12.4. The lowest BCUT2D eigenvalue weighted by Gasteiger charge is -2.35. The van der Waals surface area contributed by atoms with Crippen molar-refractivity contribution in [2.45, 2.75) is 32.2 Å². The average molecular weight is 303 g/mol. The quantitative estimate of drug-likeness (QED) is 0.828. The molecule has 1 amide bonds. The van der Waals surface area contributed by atoms with Crippen LogP contribution in [0.3, 0.4) is 0 Å². The van der Waals surface area contributed by atoms with Crippen molar-refractivity contribution in [3.63, 3.8) is 0 Å². The van der Waals surface area contributed by atoms with E-state index in [-0.39, 0.29) is 17.7 Å². The highest BCUT2D eigenvalue weighted by Crippen LogP contribution is 2.22. The third-order valence-corrected chi connectivity index (χ3v) is 5.04. The van der Waals surface area contributed by atoms with Crippen LogP contribution >= 0.6 is 11.5 Å². The summed E-state index contributed by atoms with van der Waals surface area (Å²) in [6.07, 6.45) is 3.83. The molecule has 1 aromatic rings. The van der Waals surface area contributed by atoms with Crippen molar-refractivity contribution in [1.82, 2.24) is 14.5 Å². The molecule has 0 aromatic carbocycles. The lowest BCUT2D eigenvalue weighted by atomic mass is 10.0. The minimum atomic E-state index is -3.09.